The van der Waals surface area contributed by atoms with Crippen molar-refractivity contribution in [2.45, 2.75) is 58.8 Å². The second kappa shape index (κ2) is 3.73. The van der Waals surface area contributed by atoms with Crippen LogP contribution in [0.5, 0.6) is 0 Å². The summed E-state index contributed by atoms with van der Waals surface area (Å²) in [5.74, 6) is 2.01. The molecule has 16 heavy (non-hydrogen) atoms. The second-order valence-electron chi connectivity index (χ2n) is 7.08. The summed E-state index contributed by atoms with van der Waals surface area (Å²) < 4.78 is 0. The molecule has 0 bridgehead atoms. The summed E-state index contributed by atoms with van der Waals surface area (Å²) in [7, 11) is 0. The molecule has 0 amide bonds. The molecule has 0 radical (unpaired) electrons. The van der Waals surface area contributed by atoms with E-state index in [1.54, 1.807) is 0 Å². The standard InChI is InChI=1S/C15H27N/c1-14(7-8-14)15(2)9-10-16-11-13(15)12-5-3-4-6-12/h12-13,16H,3-11H2,1-2H3. The Morgan fingerprint density at radius 3 is 2.31 bits per heavy atom. The first-order valence-corrected chi connectivity index (χ1v) is 7.36. The maximum atomic E-state index is 3.67. The van der Waals surface area contributed by atoms with Crippen molar-refractivity contribution in [2.24, 2.45) is 22.7 Å². The highest BCUT2D eigenvalue weighted by atomic mass is 14.9. The van der Waals surface area contributed by atoms with E-state index in [2.05, 4.69) is 19.2 Å². The Morgan fingerprint density at radius 2 is 1.69 bits per heavy atom. The van der Waals surface area contributed by atoms with E-state index in [1.807, 2.05) is 0 Å². The quantitative estimate of drug-likeness (QED) is 0.751. The lowest BCUT2D eigenvalue weighted by molar-refractivity contribution is 0.0118. The van der Waals surface area contributed by atoms with E-state index in [0.717, 1.165) is 11.8 Å². The van der Waals surface area contributed by atoms with E-state index in [0.29, 0.717) is 10.8 Å². The number of piperidine rings is 1. The minimum atomic E-state index is 0.646. The third-order valence-corrected chi connectivity index (χ3v) is 6.35. The molecule has 1 N–H and O–H groups in total. The fraction of sp³-hybridized carbons (Fsp3) is 1.00. The molecule has 1 nitrogen and oxygen atoms in total. The SMILES string of the molecule is CC1(C2(C)CCNCC2C2CCCC2)CC1. The molecule has 0 spiro atoms. The van der Waals surface area contributed by atoms with Crippen molar-refractivity contribution in [3.63, 3.8) is 0 Å². The van der Waals surface area contributed by atoms with E-state index in [1.165, 1.54) is 58.0 Å². The third kappa shape index (κ3) is 1.54. The summed E-state index contributed by atoms with van der Waals surface area (Å²) in [6.07, 6.45) is 10.4. The predicted molar refractivity (Wildman–Crippen MR) is 68.4 cm³/mol. The lowest BCUT2D eigenvalue weighted by Gasteiger charge is -2.49. The Morgan fingerprint density at radius 1 is 1.00 bits per heavy atom. The van der Waals surface area contributed by atoms with E-state index in [4.69, 9.17) is 0 Å². The van der Waals surface area contributed by atoms with Gasteiger partial charge in [-0.1, -0.05) is 39.5 Å². The Labute approximate surface area is 100 Å². The molecule has 1 heterocycles. The van der Waals surface area contributed by atoms with Crippen LogP contribution in [-0.2, 0) is 0 Å². The number of nitrogens with one attached hydrogen (secondary N) is 1. The van der Waals surface area contributed by atoms with Gasteiger partial charge in [0.1, 0.15) is 0 Å². The maximum absolute atomic E-state index is 3.67. The first-order valence-electron chi connectivity index (χ1n) is 7.36. The molecule has 3 fully saturated rings. The van der Waals surface area contributed by atoms with Gasteiger partial charge in [0, 0.05) is 0 Å². The van der Waals surface area contributed by atoms with Crippen LogP contribution in [0.3, 0.4) is 0 Å². The van der Waals surface area contributed by atoms with Crippen molar-refractivity contribution in [3.8, 4) is 0 Å². The second-order valence-corrected chi connectivity index (χ2v) is 7.08. The van der Waals surface area contributed by atoms with Gasteiger partial charge in [-0.25, -0.2) is 0 Å². The summed E-state index contributed by atoms with van der Waals surface area (Å²) in [5.41, 5.74) is 1.34. The van der Waals surface area contributed by atoms with Crippen LogP contribution in [0.25, 0.3) is 0 Å². The van der Waals surface area contributed by atoms with Crippen LogP contribution >= 0.6 is 0 Å². The smallest absolute Gasteiger partial charge is 0.00124 e. The van der Waals surface area contributed by atoms with Crippen molar-refractivity contribution < 1.29 is 0 Å². The average molecular weight is 221 g/mol. The zero-order valence-corrected chi connectivity index (χ0v) is 11.0. The van der Waals surface area contributed by atoms with Crippen LogP contribution in [-0.4, -0.2) is 13.1 Å². The molecule has 2 unspecified atom stereocenters. The normalized spacial score (nSPS) is 43.5. The molecular weight excluding hydrogens is 194 g/mol. The largest absolute Gasteiger partial charge is 0.316 e. The van der Waals surface area contributed by atoms with Crippen molar-refractivity contribution in [1.29, 1.82) is 0 Å². The lowest BCUT2D eigenvalue weighted by Crippen LogP contribution is -2.50. The Hall–Kier alpha value is -0.0400. The molecule has 2 aliphatic carbocycles. The highest BCUT2D eigenvalue weighted by Gasteiger charge is 2.57. The van der Waals surface area contributed by atoms with Crippen LogP contribution in [0, 0.1) is 22.7 Å². The first-order chi connectivity index (χ1) is 7.66. The molecule has 3 aliphatic rings. The van der Waals surface area contributed by atoms with E-state index < -0.39 is 0 Å². The van der Waals surface area contributed by atoms with Gasteiger partial charge in [0.25, 0.3) is 0 Å². The molecule has 1 aliphatic heterocycles. The summed E-state index contributed by atoms with van der Waals surface area (Å²) in [5, 5.41) is 3.67. The average Bonchev–Trinajstić information content (AvgIpc) is 2.83. The predicted octanol–water partition coefficient (Wildman–Crippen LogP) is 3.59. The Bertz CT molecular complexity index is 263. The van der Waals surface area contributed by atoms with Crippen LogP contribution in [0.2, 0.25) is 0 Å². The van der Waals surface area contributed by atoms with Crippen LogP contribution in [0.4, 0.5) is 0 Å². The number of hydrogen-bond acceptors (Lipinski definition) is 1. The fourth-order valence-corrected chi connectivity index (χ4v) is 4.57. The lowest BCUT2D eigenvalue weighted by atomic mass is 9.59. The van der Waals surface area contributed by atoms with Gasteiger partial charge in [-0.3, -0.25) is 0 Å². The number of hydrogen-bond donors (Lipinski definition) is 1. The maximum Gasteiger partial charge on any atom is -0.00124 e. The molecule has 0 aromatic heterocycles. The van der Waals surface area contributed by atoms with Gasteiger partial charge in [0.05, 0.1) is 0 Å². The summed E-state index contributed by atoms with van der Waals surface area (Å²) in [6, 6.07) is 0. The zero-order valence-electron chi connectivity index (χ0n) is 11.0. The van der Waals surface area contributed by atoms with E-state index in [9.17, 15) is 0 Å². The van der Waals surface area contributed by atoms with E-state index in [-0.39, 0.29) is 0 Å². The Balaban J connectivity index is 1.82. The van der Waals surface area contributed by atoms with Gasteiger partial charge in [0.2, 0.25) is 0 Å². The van der Waals surface area contributed by atoms with Gasteiger partial charge in [-0.05, 0) is 55.0 Å². The molecule has 0 aromatic rings. The topological polar surface area (TPSA) is 12.0 Å². The van der Waals surface area contributed by atoms with Crippen molar-refractivity contribution in [3.05, 3.63) is 0 Å². The minimum absolute atomic E-state index is 0.646. The van der Waals surface area contributed by atoms with Crippen LogP contribution in [0.1, 0.15) is 58.8 Å². The summed E-state index contributed by atoms with van der Waals surface area (Å²) in [4.78, 5) is 0. The molecule has 0 aromatic carbocycles. The molecule has 92 valence electrons. The fourth-order valence-electron chi connectivity index (χ4n) is 4.57. The highest BCUT2D eigenvalue weighted by molar-refractivity contribution is 5.08. The molecular formula is C15H27N. The molecule has 3 rings (SSSR count). The van der Waals surface area contributed by atoms with Crippen molar-refractivity contribution in [1.82, 2.24) is 5.32 Å². The molecule has 1 heteroatoms. The van der Waals surface area contributed by atoms with Gasteiger partial charge in [-0.15, -0.1) is 0 Å². The van der Waals surface area contributed by atoms with Crippen LogP contribution in [0.15, 0.2) is 0 Å². The van der Waals surface area contributed by atoms with Crippen LogP contribution < -0.4 is 5.32 Å². The zero-order chi connectivity index (χ0) is 11.2. The molecule has 2 saturated carbocycles. The minimum Gasteiger partial charge on any atom is -0.316 e. The molecule has 2 atom stereocenters. The van der Waals surface area contributed by atoms with Gasteiger partial charge >= 0.3 is 0 Å². The van der Waals surface area contributed by atoms with E-state index >= 15 is 0 Å². The first kappa shape index (κ1) is 11.1. The number of rotatable bonds is 2. The Kier molecular flexibility index (Phi) is 2.58. The van der Waals surface area contributed by atoms with Crippen molar-refractivity contribution in [2.75, 3.05) is 13.1 Å². The van der Waals surface area contributed by atoms with Gasteiger partial charge in [0.15, 0.2) is 0 Å². The monoisotopic (exact) mass is 221 g/mol. The highest BCUT2D eigenvalue weighted by Crippen LogP contribution is 2.65. The van der Waals surface area contributed by atoms with Gasteiger partial charge in [-0.2, -0.15) is 0 Å². The van der Waals surface area contributed by atoms with Crippen molar-refractivity contribution >= 4 is 0 Å². The third-order valence-electron chi connectivity index (χ3n) is 6.35. The van der Waals surface area contributed by atoms with Gasteiger partial charge < -0.3 is 5.32 Å². The molecule has 1 saturated heterocycles. The summed E-state index contributed by atoms with van der Waals surface area (Å²) in [6.45, 7) is 7.73. The summed E-state index contributed by atoms with van der Waals surface area (Å²) >= 11 is 0.